The first-order chi connectivity index (χ1) is 9.15. The zero-order valence-corrected chi connectivity index (χ0v) is 11.2. The molecule has 1 fully saturated rings. The number of ether oxygens (including phenoxy) is 1. The number of fused-ring (bicyclic) bond motifs is 1. The summed E-state index contributed by atoms with van der Waals surface area (Å²) in [6.45, 7) is 1.84. The average Bonchev–Trinajstić information content (AvgIpc) is 2.68. The molecule has 104 valence electrons. The van der Waals surface area contributed by atoms with E-state index < -0.39 is 0 Å². The molecule has 19 heavy (non-hydrogen) atoms. The molecule has 2 rings (SSSR count). The van der Waals surface area contributed by atoms with Crippen LogP contribution in [-0.2, 0) is 14.3 Å². The molecule has 2 aliphatic rings. The molecule has 1 saturated heterocycles. The van der Waals surface area contributed by atoms with Crippen LogP contribution in [0, 0.1) is 11.8 Å². The highest BCUT2D eigenvalue weighted by molar-refractivity contribution is 5.75. The number of rotatable bonds is 2. The number of aliphatic hydroxyl groups is 1. The largest absolute Gasteiger partial charge is 0.458 e. The van der Waals surface area contributed by atoms with E-state index in [9.17, 15) is 14.7 Å². The summed E-state index contributed by atoms with van der Waals surface area (Å²) in [7, 11) is 0. The van der Waals surface area contributed by atoms with Crippen molar-refractivity contribution < 1.29 is 19.4 Å². The Bertz CT molecular complexity index is 422. The summed E-state index contributed by atoms with van der Waals surface area (Å²) in [5.74, 6) is -0.233. The molecule has 0 spiro atoms. The minimum absolute atomic E-state index is 0.0284. The molecule has 4 heteroatoms. The lowest BCUT2D eigenvalue weighted by Gasteiger charge is -2.19. The summed E-state index contributed by atoms with van der Waals surface area (Å²) in [5, 5.41) is 9.35. The number of esters is 1. The number of aldehydes is 1. The summed E-state index contributed by atoms with van der Waals surface area (Å²) in [4.78, 5) is 22.7. The molecule has 0 aromatic heterocycles. The quantitative estimate of drug-likeness (QED) is 0.469. The second-order valence-electron chi connectivity index (χ2n) is 5.31. The fourth-order valence-electron chi connectivity index (χ4n) is 2.79. The van der Waals surface area contributed by atoms with Gasteiger partial charge in [0.2, 0.25) is 0 Å². The van der Waals surface area contributed by atoms with Crippen LogP contribution < -0.4 is 0 Å². The Morgan fingerprint density at radius 3 is 2.95 bits per heavy atom. The molecular weight excluding hydrogens is 244 g/mol. The van der Waals surface area contributed by atoms with Gasteiger partial charge in [-0.25, -0.2) is 0 Å². The molecule has 4 nitrogen and oxygen atoms in total. The summed E-state index contributed by atoms with van der Waals surface area (Å²) in [6.07, 6.45) is 7.35. The van der Waals surface area contributed by atoms with Crippen LogP contribution in [-0.4, -0.2) is 30.1 Å². The smallest absolute Gasteiger partial charge is 0.309 e. The topological polar surface area (TPSA) is 63.6 Å². The van der Waals surface area contributed by atoms with Crippen molar-refractivity contribution in [1.82, 2.24) is 0 Å². The standard InChI is InChI=1S/C15H20O4/c1-10-13-6-5-11(8-16)3-2-4-12(9-17)7-14(13)19-15(10)18/h3,7-8,10,13-14,17H,2,4-6,9H2,1H3/b11-3+,12-7-/t10-,13-,14+/m0/s1. The van der Waals surface area contributed by atoms with E-state index >= 15 is 0 Å². The van der Waals surface area contributed by atoms with Crippen molar-refractivity contribution in [2.45, 2.75) is 38.7 Å². The predicted molar refractivity (Wildman–Crippen MR) is 70.3 cm³/mol. The van der Waals surface area contributed by atoms with Crippen molar-refractivity contribution in [1.29, 1.82) is 0 Å². The van der Waals surface area contributed by atoms with Crippen LogP contribution in [0.5, 0.6) is 0 Å². The monoisotopic (exact) mass is 264 g/mol. The number of carbonyl (C=O) groups is 2. The van der Waals surface area contributed by atoms with Gasteiger partial charge in [-0.2, -0.15) is 0 Å². The van der Waals surface area contributed by atoms with Crippen molar-refractivity contribution in [3.05, 3.63) is 23.3 Å². The molecular formula is C15H20O4. The second kappa shape index (κ2) is 6.15. The Morgan fingerprint density at radius 2 is 2.26 bits per heavy atom. The second-order valence-corrected chi connectivity index (χ2v) is 5.31. The number of carbonyl (C=O) groups excluding carboxylic acids is 2. The molecule has 1 aliphatic carbocycles. The minimum Gasteiger partial charge on any atom is -0.458 e. The summed E-state index contributed by atoms with van der Waals surface area (Å²) >= 11 is 0. The highest BCUT2D eigenvalue weighted by Gasteiger charge is 2.40. The maximum absolute atomic E-state index is 11.7. The zero-order chi connectivity index (χ0) is 13.8. The van der Waals surface area contributed by atoms with Crippen LogP contribution in [0.3, 0.4) is 0 Å². The Balaban J connectivity index is 2.25. The molecule has 0 unspecified atom stereocenters. The van der Waals surface area contributed by atoms with Crippen LogP contribution in [0.2, 0.25) is 0 Å². The Labute approximate surface area is 113 Å². The third-order valence-corrected chi connectivity index (χ3v) is 4.08. The SMILES string of the molecule is C[C@@H]1C(=O)O[C@@H]2/C=C(\CO)CC/C=C(/C=O)CC[C@@H]12. The Hall–Kier alpha value is -1.42. The number of aliphatic hydroxyl groups excluding tert-OH is 1. The van der Waals surface area contributed by atoms with E-state index in [0.29, 0.717) is 12.8 Å². The summed E-state index contributed by atoms with van der Waals surface area (Å²) in [6, 6.07) is 0. The number of hydrogen-bond donors (Lipinski definition) is 1. The maximum atomic E-state index is 11.7. The van der Waals surface area contributed by atoms with Crippen molar-refractivity contribution >= 4 is 12.3 Å². The molecule has 0 saturated carbocycles. The van der Waals surface area contributed by atoms with E-state index in [4.69, 9.17) is 4.74 Å². The van der Waals surface area contributed by atoms with Gasteiger partial charge in [-0.3, -0.25) is 9.59 Å². The van der Waals surface area contributed by atoms with E-state index in [1.165, 1.54) is 0 Å². The van der Waals surface area contributed by atoms with Gasteiger partial charge in [0, 0.05) is 5.92 Å². The van der Waals surface area contributed by atoms with Crippen molar-refractivity contribution in [3.8, 4) is 0 Å². The molecule has 1 aliphatic heterocycles. The lowest BCUT2D eigenvalue weighted by atomic mass is 9.84. The molecule has 0 radical (unpaired) electrons. The first-order valence-corrected chi connectivity index (χ1v) is 6.81. The molecule has 0 amide bonds. The predicted octanol–water partition coefficient (Wildman–Crippen LogP) is 1.78. The number of hydrogen-bond acceptors (Lipinski definition) is 4. The van der Waals surface area contributed by atoms with Crippen LogP contribution >= 0.6 is 0 Å². The van der Waals surface area contributed by atoms with E-state index in [0.717, 1.165) is 30.3 Å². The van der Waals surface area contributed by atoms with Crippen molar-refractivity contribution in [2.75, 3.05) is 6.61 Å². The van der Waals surface area contributed by atoms with E-state index in [-0.39, 0.29) is 30.5 Å². The molecule has 3 atom stereocenters. The Morgan fingerprint density at radius 1 is 1.47 bits per heavy atom. The van der Waals surface area contributed by atoms with Crippen molar-refractivity contribution in [3.63, 3.8) is 0 Å². The van der Waals surface area contributed by atoms with Gasteiger partial charge in [0.1, 0.15) is 12.4 Å². The molecule has 1 N–H and O–H groups in total. The van der Waals surface area contributed by atoms with Gasteiger partial charge < -0.3 is 9.84 Å². The van der Waals surface area contributed by atoms with Gasteiger partial charge in [0.15, 0.2) is 0 Å². The fourth-order valence-corrected chi connectivity index (χ4v) is 2.79. The Kier molecular flexibility index (Phi) is 4.53. The van der Waals surface area contributed by atoms with E-state index in [1.807, 2.05) is 19.1 Å². The minimum atomic E-state index is -0.254. The molecule has 0 aromatic carbocycles. The van der Waals surface area contributed by atoms with Gasteiger partial charge in [-0.15, -0.1) is 0 Å². The van der Waals surface area contributed by atoms with Gasteiger partial charge >= 0.3 is 5.97 Å². The third-order valence-electron chi connectivity index (χ3n) is 4.08. The molecule has 0 bridgehead atoms. The van der Waals surface area contributed by atoms with Gasteiger partial charge in [0.05, 0.1) is 12.5 Å². The van der Waals surface area contributed by atoms with Crippen LogP contribution in [0.1, 0.15) is 32.6 Å². The highest BCUT2D eigenvalue weighted by Crippen LogP contribution is 2.35. The third kappa shape index (κ3) is 3.13. The van der Waals surface area contributed by atoms with E-state index in [1.54, 1.807) is 0 Å². The molecule has 1 heterocycles. The van der Waals surface area contributed by atoms with E-state index in [2.05, 4.69) is 0 Å². The maximum Gasteiger partial charge on any atom is 0.309 e. The normalized spacial score (nSPS) is 37.4. The van der Waals surface area contributed by atoms with Gasteiger partial charge in [0.25, 0.3) is 0 Å². The average molecular weight is 264 g/mol. The summed E-state index contributed by atoms with van der Waals surface area (Å²) < 4.78 is 5.38. The highest BCUT2D eigenvalue weighted by atomic mass is 16.6. The summed E-state index contributed by atoms with van der Waals surface area (Å²) in [5.41, 5.74) is 1.66. The first kappa shape index (κ1) is 14.0. The molecule has 0 aromatic rings. The van der Waals surface area contributed by atoms with Crippen LogP contribution in [0.15, 0.2) is 23.3 Å². The van der Waals surface area contributed by atoms with Crippen LogP contribution in [0.4, 0.5) is 0 Å². The lowest BCUT2D eigenvalue weighted by molar-refractivity contribution is -0.142. The van der Waals surface area contributed by atoms with Crippen LogP contribution in [0.25, 0.3) is 0 Å². The zero-order valence-electron chi connectivity index (χ0n) is 11.2. The first-order valence-electron chi connectivity index (χ1n) is 6.81. The number of allylic oxidation sites excluding steroid dienone is 2. The lowest BCUT2D eigenvalue weighted by Crippen LogP contribution is -2.19. The fraction of sp³-hybridized carbons (Fsp3) is 0.600. The van der Waals surface area contributed by atoms with Gasteiger partial charge in [-0.1, -0.05) is 13.0 Å². The van der Waals surface area contributed by atoms with Crippen molar-refractivity contribution in [2.24, 2.45) is 11.8 Å². The van der Waals surface area contributed by atoms with Gasteiger partial charge in [-0.05, 0) is 42.9 Å².